The molecule has 4 nitrogen and oxygen atoms in total. The molecule has 0 bridgehead atoms. The fraction of sp³-hybridized carbons (Fsp3) is 0.357. The van der Waals surface area contributed by atoms with E-state index in [4.69, 9.17) is 4.74 Å². The van der Waals surface area contributed by atoms with Crippen molar-refractivity contribution in [2.24, 2.45) is 0 Å². The first-order valence-electron chi connectivity index (χ1n) is 6.27. The van der Waals surface area contributed by atoms with Gasteiger partial charge in [-0.05, 0) is 40.5 Å². The smallest absolute Gasteiger partial charge is 0.133 e. The Bertz CT molecular complexity index is 610. The molecule has 2 heterocycles. The number of aromatic nitrogens is 2. The molecule has 1 aliphatic heterocycles. The number of H-pyrrole nitrogens is 1. The fourth-order valence-electron chi connectivity index (χ4n) is 2.68. The highest BCUT2D eigenvalue weighted by atomic mass is 79.9. The molecule has 1 aliphatic rings. The third-order valence-corrected chi connectivity index (χ3v) is 4.39. The van der Waals surface area contributed by atoms with E-state index in [2.05, 4.69) is 50.3 Å². The van der Waals surface area contributed by atoms with Crippen LogP contribution in [0.15, 0.2) is 29.0 Å². The van der Waals surface area contributed by atoms with Crippen LogP contribution in [0.4, 0.5) is 0 Å². The Morgan fingerprint density at radius 3 is 3.00 bits per heavy atom. The zero-order chi connectivity index (χ0) is 13.5. The maximum atomic E-state index is 5.29. The summed E-state index contributed by atoms with van der Waals surface area (Å²) in [6.07, 6.45) is 2.76. The zero-order valence-electron chi connectivity index (χ0n) is 11.0. The predicted molar refractivity (Wildman–Crippen MR) is 77.4 cm³/mol. The van der Waals surface area contributed by atoms with E-state index < -0.39 is 0 Å². The van der Waals surface area contributed by atoms with E-state index in [1.165, 1.54) is 11.3 Å². The van der Waals surface area contributed by atoms with Gasteiger partial charge in [0.25, 0.3) is 0 Å². The topological polar surface area (TPSA) is 49.9 Å². The monoisotopic (exact) mass is 321 g/mol. The molecular weight excluding hydrogens is 306 g/mol. The highest BCUT2D eigenvalue weighted by Gasteiger charge is 2.36. The van der Waals surface area contributed by atoms with Crippen molar-refractivity contribution in [1.29, 1.82) is 0 Å². The summed E-state index contributed by atoms with van der Waals surface area (Å²) >= 11 is 3.55. The van der Waals surface area contributed by atoms with Crippen LogP contribution in [0.5, 0.6) is 5.75 Å². The SMILES string of the molecule is COc1ccc(C2(C)NCCc3[nH]cnc32)cc1Br. The number of nitrogens with zero attached hydrogens (tertiary/aromatic N) is 1. The number of imidazole rings is 1. The molecule has 0 spiro atoms. The van der Waals surface area contributed by atoms with Crippen LogP contribution < -0.4 is 10.1 Å². The van der Waals surface area contributed by atoms with E-state index in [-0.39, 0.29) is 5.54 Å². The van der Waals surface area contributed by atoms with Crippen LogP contribution >= 0.6 is 15.9 Å². The number of hydrogen-bond acceptors (Lipinski definition) is 3. The minimum Gasteiger partial charge on any atom is -0.496 e. The molecule has 0 fully saturated rings. The predicted octanol–water partition coefficient (Wildman–Crippen LogP) is 2.59. The first-order chi connectivity index (χ1) is 9.15. The standard InChI is InChI=1S/C14H16BrN3O/c1-14(9-3-4-12(19-2)10(15)7-9)13-11(5-6-18-14)16-8-17-13/h3-4,7-8,18H,5-6H2,1-2H3,(H,16,17). The summed E-state index contributed by atoms with van der Waals surface area (Å²) in [7, 11) is 1.67. The number of hydrogen-bond donors (Lipinski definition) is 2. The number of aromatic amines is 1. The minimum atomic E-state index is -0.262. The largest absolute Gasteiger partial charge is 0.496 e. The summed E-state index contributed by atoms with van der Waals surface area (Å²) in [5.74, 6) is 0.838. The van der Waals surface area contributed by atoms with Gasteiger partial charge in [0.1, 0.15) is 5.75 Å². The van der Waals surface area contributed by atoms with E-state index in [9.17, 15) is 0 Å². The number of methoxy groups -OCH3 is 1. The van der Waals surface area contributed by atoms with Gasteiger partial charge in [-0.3, -0.25) is 0 Å². The summed E-state index contributed by atoms with van der Waals surface area (Å²) < 4.78 is 6.24. The van der Waals surface area contributed by atoms with E-state index >= 15 is 0 Å². The lowest BCUT2D eigenvalue weighted by atomic mass is 9.84. The lowest BCUT2D eigenvalue weighted by molar-refractivity contribution is 0.397. The van der Waals surface area contributed by atoms with E-state index in [1.54, 1.807) is 13.4 Å². The first-order valence-corrected chi connectivity index (χ1v) is 7.06. The summed E-state index contributed by atoms with van der Waals surface area (Å²) in [5, 5.41) is 3.57. The van der Waals surface area contributed by atoms with Gasteiger partial charge in [-0.15, -0.1) is 0 Å². The normalized spacial score (nSPS) is 22.1. The number of ether oxygens (including phenoxy) is 1. The Kier molecular flexibility index (Phi) is 3.11. The second kappa shape index (κ2) is 4.65. The molecule has 100 valence electrons. The van der Waals surface area contributed by atoms with Crippen LogP contribution in [0, 0.1) is 0 Å². The van der Waals surface area contributed by atoms with Crippen molar-refractivity contribution in [3.05, 3.63) is 46.0 Å². The maximum Gasteiger partial charge on any atom is 0.133 e. The maximum absolute atomic E-state index is 5.29. The number of halogens is 1. The highest BCUT2D eigenvalue weighted by molar-refractivity contribution is 9.10. The summed E-state index contributed by atoms with van der Waals surface area (Å²) in [6.45, 7) is 3.11. The van der Waals surface area contributed by atoms with Crippen molar-refractivity contribution in [3.8, 4) is 5.75 Å². The van der Waals surface area contributed by atoms with Crippen LogP contribution in [0.25, 0.3) is 0 Å². The zero-order valence-corrected chi connectivity index (χ0v) is 12.5. The van der Waals surface area contributed by atoms with Gasteiger partial charge < -0.3 is 15.0 Å². The molecule has 0 saturated heterocycles. The molecule has 19 heavy (non-hydrogen) atoms. The Morgan fingerprint density at radius 1 is 1.42 bits per heavy atom. The molecule has 1 aromatic heterocycles. The van der Waals surface area contributed by atoms with Crippen molar-refractivity contribution in [2.45, 2.75) is 18.9 Å². The van der Waals surface area contributed by atoms with Crippen LogP contribution in [0.1, 0.15) is 23.9 Å². The second-order valence-corrected chi connectivity index (χ2v) is 5.74. The molecule has 2 N–H and O–H groups in total. The third-order valence-electron chi connectivity index (χ3n) is 3.77. The van der Waals surface area contributed by atoms with Gasteiger partial charge in [0, 0.05) is 18.7 Å². The number of fused-ring (bicyclic) bond motifs is 1. The molecule has 1 unspecified atom stereocenters. The Balaban J connectivity index is 2.10. The first kappa shape index (κ1) is 12.7. The molecule has 0 aliphatic carbocycles. The van der Waals surface area contributed by atoms with Crippen molar-refractivity contribution in [3.63, 3.8) is 0 Å². The molecule has 3 rings (SSSR count). The van der Waals surface area contributed by atoms with Gasteiger partial charge in [0.05, 0.1) is 29.1 Å². The Labute approximate surface area is 120 Å². The molecular formula is C14H16BrN3O. The number of rotatable bonds is 2. The van der Waals surface area contributed by atoms with Crippen LogP contribution in [-0.4, -0.2) is 23.6 Å². The Hall–Kier alpha value is -1.33. The van der Waals surface area contributed by atoms with Gasteiger partial charge in [-0.1, -0.05) is 6.07 Å². The Morgan fingerprint density at radius 2 is 2.26 bits per heavy atom. The van der Waals surface area contributed by atoms with Crippen LogP contribution in [-0.2, 0) is 12.0 Å². The van der Waals surface area contributed by atoms with Gasteiger partial charge in [0.15, 0.2) is 0 Å². The molecule has 1 atom stereocenters. The molecule has 1 aromatic carbocycles. The van der Waals surface area contributed by atoms with E-state index in [1.807, 2.05) is 6.07 Å². The van der Waals surface area contributed by atoms with Gasteiger partial charge in [0.2, 0.25) is 0 Å². The lowest BCUT2D eigenvalue weighted by Gasteiger charge is -2.34. The molecule has 5 heteroatoms. The van der Waals surface area contributed by atoms with Gasteiger partial charge >= 0.3 is 0 Å². The van der Waals surface area contributed by atoms with Crippen molar-refractivity contribution in [2.75, 3.05) is 13.7 Å². The van der Waals surface area contributed by atoms with E-state index in [0.717, 1.165) is 28.9 Å². The average Bonchev–Trinajstić information content (AvgIpc) is 2.88. The third kappa shape index (κ3) is 1.97. The quantitative estimate of drug-likeness (QED) is 0.893. The number of benzene rings is 1. The minimum absolute atomic E-state index is 0.262. The van der Waals surface area contributed by atoms with Gasteiger partial charge in [-0.25, -0.2) is 4.98 Å². The molecule has 2 aromatic rings. The highest BCUT2D eigenvalue weighted by Crippen LogP contribution is 2.36. The fourth-order valence-corrected chi connectivity index (χ4v) is 3.22. The second-order valence-electron chi connectivity index (χ2n) is 4.88. The van der Waals surface area contributed by atoms with E-state index in [0.29, 0.717) is 0 Å². The van der Waals surface area contributed by atoms with Crippen molar-refractivity contribution in [1.82, 2.24) is 15.3 Å². The van der Waals surface area contributed by atoms with Crippen LogP contribution in [0.3, 0.4) is 0 Å². The molecule has 0 amide bonds. The molecule has 0 saturated carbocycles. The summed E-state index contributed by atoms with van der Waals surface area (Å²) in [6, 6.07) is 6.16. The lowest BCUT2D eigenvalue weighted by Crippen LogP contribution is -2.46. The van der Waals surface area contributed by atoms with Crippen LogP contribution in [0.2, 0.25) is 0 Å². The molecule has 0 radical (unpaired) electrons. The number of nitrogens with one attached hydrogen (secondary N) is 2. The van der Waals surface area contributed by atoms with Crippen molar-refractivity contribution < 1.29 is 4.74 Å². The van der Waals surface area contributed by atoms with Crippen molar-refractivity contribution >= 4 is 15.9 Å². The summed E-state index contributed by atoms with van der Waals surface area (Å²) in [4.78, 5) is 7.73. The summed E-state index contributed by atoms with van der Waals surface area (Å²) in [5.41, 5.74) is 3.21. The average molecular weight is 322 g/mol. The van der Waals surface area contributed by atoms with Gasteiger partial charge in [-0.2, -0.15) is 0 Å².